The highest BCUT2D eigenvalue weighted by Crippen LogP contribution is 2.37. The van der Waals surface area contributed by atoms with Crippen molar-refractivity contribution in [1.82, 2.24) is 10.2 Å². The molecule has 0 aliphatic heterocycles. The van der Waals surface area contributed by atoms with Gasteiger partial charge in [0.1, 0.15) is 6.42 Å². The molecule has 1 saturated carbocycles. The van der Waals surface area contributed by atoms with Gasteiger partial charge in [0.15, 0.2) is 5.11 Å². The summed E-state index contributed by atoms with van der Waals surface area (Å²) in [6.07, 6.45) is -7.79. The number of esters is 2. The van der Waals surface area contributed by atoms with Crippen LogP contribution < -0.4 is 10.6 Å². The van der Waals surface area contributed by atoms with E-state index in [9.17, 15) is 35.9 Å². The van der Waals surface area contributed by atoms with E-state index >= 15 is 0 Å². The lowest BCUT2D eigenvalue weighted by atomic mass is 9.80. The molecule has 14 heteroatoms. The van der Waals surface area contributed by atoms with Gasteiger partial charge in [-0.1, -0.05) is 0 Å². The maximum Gasteiger partial charge on any atom is 0.416 e. The lowest BCUT2D eigenvalue weighted by Crippen LogP contribution is -2.53. The predicted molar refractivity (Wildman–Crippen MR) is 131 cm³/mol. The Morgan fingerprint density at radius 1 is 1.00 bits per heavy atom. The molecule has 0 saturated heterocycles. The smallest absolute Gasteiger partial charge is 0.416 e. The largest absolute Gasteiger partial charge is 0.466 e. The van der Waals surface area contributed by atoms with Crippen LogP contribution >= 0.6 is 12.2 Å². The van der Waals surface area contributed by atoms with Crippen molar-refractivity contribution in [2.24, 2.45) is 5.92 Å². The molecule has 2 rings (SSSR count). The number of hydrogen-bond acceptors (Lipinski definition) is 6. The lowest BCUT2D eigenvalue weighted by Gasteiger charge is -2.40. The molecular weight excluding hydrogens is 540 g/mol. The number of hydrogen-bond donors (Lipinski definition) is 2. The van der Waals surface area contributed by atoms with E-state index in [0.717, 1.165) is 6.42 Å². The lowest BCUT2D eigenvalue weighted by molar-refractivity contribution is -0.154. The van der Waals surface area contributed by atoms with Gasteiger partial charge in [0, 0.05) is 17.8 Å². The molecule has 0 amide bonds. The fourth-order valence-electron chi connectivity index (χ4n) is 4.32. The van der Waals surface area contributed by atoms with Crippen LogP contribution in [0.15, 0.2) is 18.2 Å². The molecule has 0 bridgehead atoms. The Balaban J connectivity index is 1.97. The second kappa shape index (κ2) is 13.5. The third-order valence-corrected chi connectivity index (χ3v) is 6.35. The van der Waals surface area contributed by atoms with E-state index < -0.39 is 47.5 Å². The molecule has 2 N–H and O–H groups in total. The molecule has 38 heavy (non-hydrogen) atoms. The first-order valence-corrected chi connectivity index (χ1v) is 12.4. The van der Waals surface area contributed by atoms with E-state index in [2.05, 4.69) is 10.6 Å². The number of likely N-dealkylation sites (N-methyl/N-ethyl adjacent to an activating group) is 1. The normalized spacial score (nSPS) is 20.1. The fourth-order valence-corrected chi connectivity index (χ4v) is 4.58. The minimum Gasteiger partial charge on any atom is -0.466 e. The van der Waals surface area contributed by atoms with Gasteiger partial charge < -0.3 is 25.0 Å². The number of carbonyl (C=O) groups excluding carboxylic acids is 2. The van der Waals surface area contributed by atoms with Crippen molar-refractivity contribution in [3.63, 3.8) is 0 Å². The number of halogens is 6. The number of anilines is 1. The maximum absolute atomic E-state index is 13.1. The summed E-state index contributed by atoms with van der Waals surface area (Å²) in [6, 6.07) is 0.926. The summed E-state index contributed by atoms with van der Waals surface area (Å²) in [7, 11) is 3.69. The van der Waals surface area contributed by atoms with E-state index in [4.69, 9.17) is 21.7 Å². The zero-order valence-corrected chi connectivity index (χ0v) is 22.0. The monoisotopic (exact) mass is 571 g/mol. The number of alkyl halides is 6. The Bertz CT molecular complexity index is 955. The van der Waals surface area contributed by atoms with Gasteiger partial charge in [0.2, 0.25) is 0 Å². The van der Waals surface area contributed by atoms with Crippen LogP contribution in [0, 0.1) is 5.92 Å². The van der Waals surface area contributed by atoms with Crippen molar-refractivity contribution in [3.8, 4) is 0 Å². The maximum atomic E-state index is 13.1. The molecule has 0 spiro atoms. The summed E-state index contributed by atoms with van der Waals surface area (Å²) in [5.74, 6) is -1.13. The molecular formula is C24H31F6N3O4S. The fraction of sp³-hybridized carbons (Fsp3) is 0.625. The molecule has 1 aromatic carbocycles. The standard InChI is InChI=1S/C24H31F6N3O4S/c1-4-36-20(34)13-21(35)37-8-7-14-5-6-18(19(9-14)33(2)3)32-22(38)31-17-11-15(23(25,26)27)10-16(12-17)24(28,29)30/h10-12,14,18-19H,4-9,13H2,1-3H3,(H2,31,32,38)/t14?,18-,19-/m1/s1. The zero-order valence-electron chi connectivity index (χ0n) is 21.2. The Hall–Kier alpha value is -2.61. The highest BCUT2D eigenvalue weighted by molar-refractivity contribution is 7.80. The van der Waals surface area contributed by atoms with E-state index in [0.29, 0.717) is 31.4 Å². The molecule has 7 nitrogen and oxygen atoms in total. The summed E-state index contributed by atoms with van der Waals surface area (Å²) < 4.78 is 88.7. The van der Waals surface area contributed by atoms with Gasteiger partial charge in [0.25, 0.3) is 0 Å². The third kappa shape index (κ3) is 9.93. The molecule has 0 aromatic heterocycles. The van der Waals surface area contributed by atoms with E-state index in [-0.39, 0.29) is 42.4 Å². The molecule has 1 fully saturated rings. The van der Waals surface area contributed by atoms with E-state index in [1.54, 1.807) is 6.92 Å². The Morgan fingerprint density at radius 2 is 1.58 bits per heavy atom. The minimum absolute atomic E-state index is 0.0547. The quantitative estimate of drug-likeness (QED) is 0.186. The van der Waals surface area contributed by atoms with Gasteiger partial charge in [-0.3, -0.25) is 9.59 Å². The number of thiocarbonyl (C=S) groups is 1. The number of benzene rings is 1. The zero-order chi connectivity index (χ0) is 28.7. The van der Waals surface area contributed by atoms with Gasteiger partial charge in [-0.2, -0.15) is 26.3 Å². The first kappa shape index (κ1) is 31.6. The summed E-state index contributed by atoms with van der Waals surface area (Å²) >= 11 is 5.21. The predicted octanol–water partition coefficient (Wildman–Crippen LogP) is 5.00. The first-order chi connectivity index (χ1) is 17.6. The summed E-state index contributed by atoms with van der Waals surface area (Å²) in [5.41, 5.74) is -3.30. The van der Waals surface area contributed by atoms with Crippen LogP contribution in [0.4, 0.5) is 32.0 Å². The van der Waals surface area contributed by atoms with Gasteiger partial charge in [-0.15, -0.1) is 0 Å². The Morgan fingerprint density at radius 3 is 2.11 bits per heavy atom. The van der Waals surface area contributed by atoms with Crippen LogP contribution in [0.1, 0.15) is 50.2 Å². The summed E-state index contributed by atoms with van der Waals surface area (Å²) in [4.78, 5) is 25.0. The van der Waals surface area contributed by atoms with Gasteiger partial charge in [-0.25, -0.2) is 0 Å². The van der Waals surface area contributed by atoms with Crippen LogP contribution in [0.3, 0.4) is 0 Å². The van der Waals surface area contributed by atoms with Crippen LogP contribution in [0.2, 0.25) is 0 Å². The SMILES string of the molecule is CCOC(=O)CC(=O)OCCC1CC[C@@H](NC(=S)Nc2cc(C(F)(F)F)cc(C(F)(F)F)c2)[C@H](N(C)C)C1. The molecule has 0 radical (unpaired) electrons. The van der Waals surface area contributed by atoms with Crippen molar-refractivity contribution in [2.45, 2.75) is 63.5 Å². The van der Waals surface area contributed by atoms with Crippen LogP contribution in [-0.2, 0) is 31.4 Å². The topological polar surface area (TPSA) is 79.9 Å². The molecule has 3 atom stereocenters. The second-order valence-corrected chi connectivity index (χ2v) is 9.61. The molecule has 214 valence electrons. The molecule has 1 aromatic rings. The highest BCUT2D eigenvalue weighted by Gasteiger charge is 2.37. The molecule has 1 aliphatic carbocycles. The number of rotatable bonds is 9. The van der Waals surface area contributed by atoms with Gasteiger partial charge in [-0.05, 0) is 83.0 Å². The van der Waals surface area contributed by atoms with E-state index in [1.165, 1.54) is 0 Å². The Kier molecular flexibility index (Phi) is 11.2. The first-order valence-electron chi connectivity index (χ1n) is 11.9. The number of nitrogens with zero attached hydrogens (tertiary/aromatic N) is 1. The minimum atomic E-state index is -4.96. The van der Waals surface area contributed by atoms with Crippen LogP contribution in [0.25, 0.3) is 0 Å². The van der Waals surface area contributed by atoms with E-state index in [1.807, 2.05) is 19.0 Å². The average molecular weight is 572 g/mol. The molecule has 1 unspecified atom stereocenters. The van der Waals surface area contributed by atoms with Crippen molar-refractivity contribution in [2.75, 3.05) is 32.6 Å². The van der Waals surface area contributed by atoms with Crippen molar-refractivity contribution < 1.29 is 45.4 Å². The van der Waals surface area contributed by atoms with Crippen molar-refractivity contribution >= 4 is 35.0 Å². The number of carbonyl (C=O) groups is 2. The Labute approximate surface area is 222 Å². The average Bonchev–Trinajstić information content (AvgIpc) is 2.78. The van der Waals surface area contributed by atoms with Crippen molar-refractivity contribution in [1.29, 1.82) is 0 Å². The van der Waals surface area contributed by atoms with Gasteiger partial charge in [0.05, 0.1) is 24.3 Å². The highest BCUT2D eigenvalue weighted by atomic mass is 32.1. The van der Waals surface area contributed by atoms with Crippen molar-refractivity contribution in [3.05, 3.63) is 29.3 Å². The molecule has 1 aliphatic rings. The second-order valence-electron chi connectivity index (χ2n) is 9.20. The molecule has 0 heterocycles. The number of ether oxygens (including phenoxy) is 2. The third-order valence-electron chi connectivity index (χ3n) is 6.13. The van der Waals surface area contributed by atoms with Crippen LogP contribution in [0.5, 0.6) is 0 Å². The summed E-state index contributed by atoms with van der Waals surface area (Å²) in [5, 5.41) is 5.39. The summed E-state index contributed by atoms with van der Waals surface area (Å²) in [6.45, 7) is 1.94. The van der Waals surface area contributed by atoms with Gasteiger partial charge >= 0.3 is 24.3 Å². The van der Waals surface area contributed by atoms with Crippen LogP contribution in [-0.4, -0.2) is 61.3 Å². The number of nitrogens with one attached hydrogen (secondary N) is 2.